The third-order valence-electron chi connectivity index (χ3n) is 6.71. The maximum atomic E-state index is 13.4. The predicted molar refractivity (Wildman–Crippen MR) is 158 cm³/mol. The van der Waals surface area contributed by atoms with Gasteiger partial charge in [0.25, 0.3) is 5.91 Å². The second kappa shape index (κ2) is 15.7. The lowest BCUT2D eigenvalue weighted by atomic mass is 9.91. The van der Waals surface area contributed by atoms with Gasteiger partial charge in [0.1, 0.15) is 6.10 Å². The van der Waals surface area contributed by atoms with E-state index < -0.39 is 48.3 Å². The number of esters is 2. The van der Waals surface area contributed by atoms with Crippen molar-refractivity contribution in [2.24, 2.45) is 17.3 Å². The number of ether oxygens (including phenoxy) is 6. The largest absolute Gasteiger partial charge is 0.493 e. The fraction of sp³-hybridized carbons (Fsp3) is 0.562. The van der Waals surface area contributed by atoms with Crippen molar-refractivity contribution in [2.45, 2.75) is 66.2 Å². The molecular weight excluding hydrogens is 556 g/mol. The van der Waals surface area contributed by atoms with Gasteiger partial charge in [0.2, 0.25) is 6.79 Å². The normalized spacial score (nSPS) is 21.2. The molecule has 11 heteroatoms. The van der Waals surface area contributed by atoms with E-state index in [1.54, 1.807) is 27.7 Å². The molecule has 11 nitrogen and oxygen atoms in total. The molecule has 4 atom stereocenters. The minimum atomic E-state index is -1.13. The van der Waals surface area contributed by atoms with Crippen molar-refractivity contribution >= 4 is 17.8 Å². The molecule has 1 amide bonds. The highest BCUT2D eigenvalue weighted by Gasteiger charge is 2.36. The molecule has 1 saturated heterocycles. The maximum Gasteiger partial charge on any atom is 0.331 e. The van der Waals surface area contributed by atoms with Crippen LogP contribution in [0.25, 0.3) is 0 Å². The molecule has 43 heavy (non-hydrogen) atoms. The van der Waals surface area contributed by atoms with Crippen LogP contribution < -0.4 is 14.8 Å². The molecule has 1 N–H and O–H groups in total. The molecule has 1 aromatic heterocycles. The van der Waals surface area contributed by atoms with Gasteiger partial charge in [-0.1, -0.05) is 44.2 Å². The third-order valence-corrected chi connectivity index (χ3v) is 6.71. The number of nitrogens with one attached hydrogen (secondary N) is 1. The van der Waals surface area contributed by atoms with Gasteiger partial charge in [0.15, 0.2) is 23.2 Å². The number of amides is 1. The highest BCUT2D eigenvalue weighted by Crippen LogP contribution is 2.30. The lowest BCUT2D eigenvalue weighted by Gasteiger charge is -2.31. The van der Waals surface area contributed by atoms with Gasteiger partial charge in [-0.2, -0.15) is 0 Å². The Bertz CT molecular complexity index is 1210. The van der Waals surface area contributed by atoms with Gasteiger partial charge in [-0.25, -0.2) is 9.78 Å². The van der Waals surface area contributed by atoms with Crippen LogP contribution in [0.4, 0.5) is 0 Å². The lowest BCUT2D eigenvalue weighted by molar-refractivity contribution is -0.161. The van der Waals surface area contributed by atoms with Crippen molar-refractivity contribution in [3.05, 3.63) is 53.9 Å². The molecule has 0 bridgehead atoms. The zero-order chi connectivity index (χ0) is 31.6. The summed E-state index contributed by atoms with van der Waals surface area (Å²) in [5, 5.41) is 2.66. The molecule has 236 valence electrons. The molecule has 2 aromatic rings. The van der Waals surface area contributed by atoms with Crippen LogP contribution in [-0.4, -0.2) is 74.8 Å². The zero-order valence-electron chi connectivity index (χ0n) is 26.1. The van der Waals surface area contributed by atoms with Crippen LogP contribution in [0.1, 0.15) is 57.6 Å². The van der Waals surface area contributed by atoms with E-state index in [1.807, 2.05) is 30.3 Å². The number of benzene rings is 1. The van der Waals surface area contributed by atoms with Crippen molar-refractivity contribution in [1.29, 1.82) is 0 Å². The van der Waals surface area contributed by atoms with Gasteiger partial charge in [-0.05, 0) is 45.6 Å². The van der Waals surface area contributed by atoms with E-state index in [1.165, 1.54) is 19.4 Å². The van der Waals surface area contributed by atoms with Gasteiger partial charge in [-0.15, -0.1) is 0 Å². The Kier molecular flexibility index (Phi) is 12.3. The van der Waals surface area contributed by atoms with Crippen molar-refractivity contribution < 1.29 is 42.8 Å². The molecule has 0 radical (unpaired) electrons. The predicted octanol–water partition coefficient (Wildman–Crippen LogP) is 3.98. The molecule has 0 aliphatic carbocycles. The van der Waals surface area contributed by atoms with Crippen molar-refractivity contribution in [2.75, 3.05) is 33.7 Å². The highest BCUT2D eigenvalue weighted by molar-refractivity contribution is 5.98. The van der Waals surface area contributed by atoms with E-state index in [-0.39, 0.29) is 42.2 Å². The summed E-state index contributed by atoms with van der Waals surface area (Å²) in [7, 11) is 1.40. The molecule has 1 aliphatic rings. The molecule has 1 aromatic carbocycles. The summed E-state index contributed by atoms with van der Waals surface area (Å²) in [5.41, 5.74) is 0.212. The first kappa shape index (κ1) is 33.8. The number of nitrogens with zero attached hydrogens (tertiary/aromatic N) is 1. The summed E-state index contributed by atoms with van der Waals surface area (Å²) in [6.45, 7) is 11.2. The van der Waals surface area contributed by atoms with E-state index in [9.17, 15) is 14.4 Å². The van der Waals surface area contributed by atoms with Gasteiger partial charge >= 0.3 is 11.9 Å². The van der Waals surface area contributed by atoms with Crippen LogP contribution in [0.15, 0.2) is 42.6 Å². The van der Waals surface area contributed by atoms with Crippen molar-refractivity contribution in [3.8, 4) is 11.5 Å². The Morgan fingerprint density at radius 3 is 2.49 bits per heavy atom. The minimum Gasteiger partial charge on any atom is -0.493 e. The molecular formula is C32H44N2O9. The number of hydrogen-bond acceptors (Lipinski definition) is 10. The van der Waals surface area contributed by atoms with Crippen LogP contribution >= 0.6 is 0 Å². The monoisotopic (exact) mass is 600 g/mol. The van der Waals surface area contributed by atoms with E-state index in [2.05, 4.69) is 24.1 Å². The number of carbonyl (C=O) groups is 3. The first-order valence-electron chi connectivity index (χ1n) is 14.5. The molecule has 3 rings (SSSR count). The molecule has 1 fully saturated rings. The summed E-state index contributed by atoms with van der Waals surface area (Å²) in [6, 6.07) is 10.4. The van der Waals surface area contributed by atoms with E-state index >= 15 is 0 Å². The standard InChI is InChI=1S/C32H44N2O9/c1-20(2)16-40-27-21(3)43-30(36)24(18-39-17-23(27)15-22-11-9-8-10-12-22)34-29(35)26-28(25(38-7)13-14-33-26)41-19-42-31(37)32(4,5)6/h8-14,20-21,23-24,27H,15-19H2,1-7H3,(H,34,35)/t21-,23-,24-,27-/m0/s1. The molecule has 0 spiro atoms. The van der Waals surface area contributed by atoms with Gasteiger partial charge in [0, 0.05) is 24.8 Å². The molecule has 0 saturated carbocycles. The fourth-order valence-corrected chi connectivity index (χ4v) is 4.46. The van der Waals surface area contributed by atoms with Gasteiger partial charge in [0.05, 0.1) is 31.8 Å². The molecule has 1 aliphatic heterocycles. The number of rotatable bonds is 11. The second-order valence-corrected chi connectivity index (χ2v) is 12.0. The van der Waals surface area contributed by atoms with Crippen LogP contribution in [0.3, 0.4) is 0 Å². The molecule has 2 heterocycles. The first-order valence-corrected chi connectivity index (χ1v) is 14.5. The smallest absolute Gasteiger partial charge is 0.331 e. The lowest BCUT2D eigenvalue weighted by Crippen LogP contribution is -2.46. The number of cyclic esters (lactones) is 1. The second-order valence-electron chi connectivity index (χ2n) is 12.0. The van der Waals surface area contributed by atoms with Crippen LogP contribution in [0.2, 0.25) is 0 Å². The average molecular weight is 601 g/mol. The Balaban J connectivity index is 1.77. The fourth-order valence-electron chi connectivity index (χ4n) is 4.46. The average Bonchev–Trinajstić information content (AvgIpc) is 3.00. The minimum absolute atomic E-state index is 0.0417. The van der Waals surface area contributed by atoms with Crippen LogP contribution in [0.5, 0.6) is 11.5 Å². The number of hydrogen-bond donors (Lipinski definition) is 1. The third kappa shape index (κ3) is 9.93. The molecule has 0 unspecified atom stereocenters. The van der Waals surface area contributed by atoms with Crippen LogP contribution in [-0.2, 0) is 35.0 Å². The van der Waals surface area contributed by atoms with Crippen molar-refractivity contribution in [3.63, 3.8) is 0 Å². The summed E-state index contributed by atoms with van der Waals surface area (Å²) in [4.78, 5) is 43.0. The van der Waals surface area contributed by atoms with Gasteiger partial charge < -0.3 is 33.7 Å². The SMILES string of the molecule is COc1ccnc(C(=O)N[C@H]2COC[C@H](Cc3ccccc3)[C@@H](OCC(C)C)[C@H](C)OC2=O)c1OCOC(=O)C(C)(C)C. The summed E-state index contributed by atoms with van der Waals surface area (Å²) < 4.78 is 34.3. The highest BCUT2D eigenvalue weighted by atomic mass is 16.7. The van der Waals surface area contributed by atoms with E-state index in [0.29, 0.717) is 13.0 Å². The quantitative estimate of drug-likeness (QED) is 0.298. The van der Waals surface area contributed by atoms with Gasteiger partial charge in [-0.3, -0.25) is 9.59 Å². The number of methoxy groups -OCH3 is 1. The van der Waals surface area contributed by atoms with Crippen molar-refractivity contribution in [1.82, 2.24) is 10.3 Å². The van der Waals surface area contributed by atoms with Crippen LogP contribution in [0, 0.1) is 17.3 Å². The van der Waals surface area contributed by atoms with E-state index in [4.69, 9.17) is 28.4 Å². The Labute approximate surface area is 253 Å². The topological polar surface area (TPSA) is 132 Å². The first-order chi connectivity index (χ1) is 20.4. The zero-order valence-corrected chi connectivity index (χ0v) is 26.1. The number of aromatic nitrogens is 1. The summed E-state index contributed by atoms with van der Waals surface area (Å²) in [6.07, 6.45) is 1.01. The van der Waals surface area contributed by atoms with E-state index in [0.717, 1.165) is 5.56 Å². The maximum absolute atomic E-state index is 13.4. The Morgan fingerprint density at radius 1 is 1.12 bits per heavy atom. The Hall–Kier alpha value is -3.70. The Morgan fingerprint density at radius 2 is 1.84 bits per heavy atom. The summed E-state index contributed by atoms with van der Waals surface area (Å²) >= 11 is 0. The number of pyridine rings is 1. The number of carbonyl (C=O) groups excluding carboxylic acids is 3. The summed E-state index contributed by atoms with van der Waals surface area (Å²) in [5.74, 6) is -1.53.